The van der Waals surface area contributed by atoms with Gasteiger partial charge in [0.2, 0.25) is 0 Å². The van der Waals surface area contributed by atoms with Crippen LogP contribution in [0.5, 0.6) is 0 Å². The molecule has 3 aromatic rings. The molecule has 1 aromatic carbocycles. The molecule has 0 spiro atoms. The zero-order chi connectivity index (χ0) is 20.4. The van der Waals surface area contributed by atoms with Gasteiger partial charge in [0, 0.05) is 17.6 Å². The number of carbonyl (C=O) groups excluding carboxylic acids is 1. The highest BCUT2D eigenvalue weighted by Gasteiger charge is 2.18. The molecule has 1 aliphatic rings. The zero-order valence-electron chi connectivity index (χ0n) is 16.4. The van der Waals surface area contributed by atoms with Crippen LogP contribution in [0, 0.1) is 12.7 Å². The molecule has 4 N–H and O–H groups in total. The van der Waals surface area contributed by atoms with Gasteiger partial charge in [0.1, 0.15) is 15.5 Å². The van der Waals surface area contributed by atoms with E-state index in [-0.39, 0.29) is 11.7 Å². The number of hydrogen-bond donors (Lipinski definition) is 3. The minimum atomic E-state index is -0.241. The zero-order valence-corrected chi connectivity index (χ0v) is 17.2. The highest BCUT2D eigenvalue weighted by atomic mass is 32.1. The lowest BCUT2D eigenvalue weighted by molar-refractivity contribution is 0.0959. The number of nitrogens with two attached hydrogens (primary N) is 1. The van der Waals surface area contributed by atoms with Gasteiger partial charge in [-0.3, -0.25) is 4.79 Å². The molecule has 0 aliphatic carbocycles. The number of thiophene rings is 1. The Morgan fingerprint density at radius 1 is 1.31 bits per heavy atom. The third kappa shape index (κ3) is 4.26. The molecule has 1 aliphatic heterocycles. The van der Waals surface area contributed by atoms with Crippen LogP contribution in [0.2, 0.25) is 0 Å². The van der Waals surface area contributed by atoms with Crippen molar-refractivity contribution in [3.8, 4) is 0 Å². The van der Waals surface area contributed by atoms with Crippen LogP contribution >= 0.6 is 11.3 Å². The number of piperidine rings is 1. The highest BCUT2D eigenvalue weighted by molar-refractivity contribution is 7.21. The van der Waals surface area contributed by atoms with Gasteiger partial charge in [0.05, 0.1) is 5.69 Å². The first-order valence-corrected chi connectivity index (χ1v) is 10.8. The Kier molecular flexibility index (Phi) is 5.78. The second-order valence-corrected chi connectivity index (χ2v) is 8.53. The van der Waals surface area contributed by atoms with Crippen molar-refractivity contribution >= 4 is 33.1 Å². The molecule has 2 aromatic heterocycles. The van der Waals surface area contributed by atoms with Gasteiger partial charge < -0.3 is 16.4 Å². The van der Waals surface area contributed by atoms with Crippen molar-refractivity contribution < 1.29 is 9.18 Å². The summed E-state index contributed by atoms with van der Waals surface area (Å²) in [5.74, 6) is -0.0149. The fourth-order valence-electron chi connectivity index (χ4n) is 3.82. The normalized spacial score (nSPS) is 15.0. The summed E-state index contributed by atoms with van der Waals surface area (Å²) < 4.78 is 14.5. The molecule has 152 valence electrons. The number of hydrogen-bond acceptors (Lipinski definition) is 5. The van der Waals surface area contributed by atoms with Crippen LogP contribution in [0.15, 0.2) is 30.3 Å². The number of rotatable bonds is 5. The van der Waals surface area contributed by atoms with Gasteiger partial charge in [-0.25, -0.2) is 9.37 Å². The Balaban J connectivity index is 1.38. The maximum Gasteiger partial charge on any atom is 0.263 e. The number of anilines is 1. The molecule has 4 rings (SSSR count). The average Bonchev–Trinajstić information content (AvgIpc) is 3.05. The molecule has 0 saturated carbocycles. The number of aromatic nitrogens is 1. The summed E-state index contributed by atoms with van der Waals surface area (Å²) in [7, 11) is 0. The molecule has 0 bridgehead atoms. The van der Waals surface area contributed by atoms with E-state index in [1.165, 1.54) is 11.3 Å². The van der Waals surface area contributed by atoms with E-state index in [0.717, 1.165) is 47.4 Å². The predicted molar refractivity (Wildman–Crippen MR) is 116 cm³/mol. The third-order valence-electron chi connectivity index (χ3n) is 5.51. The largest absolute Gasteiger partial charge is 0.397 e. The van der Waals surface area contributed by atoms with Crippen molar-refractivity contribution in [2.24, 2.45) is 0 Å². The number of aryl methyl sites for hydroxylation is 1. The van der Waals surface area contributed by atoms with E-state index in [1.807, 2.05) is 31.2 Å². The number of pyridine rings is 1. The lowest BCUT2D eigenvalue weighted by Crippen LogP contribution is -2.27. The van der Waals surface area contributed by atoms with Crippen LogP contribution in [-0.2, 0) is 6.42 Å². The number of nitrogens with one attached hydrogen (secondary N) is 2. The summed E-state index contributed by atoms with van der Waals surface area (Å²) in [6.45, 7) is 4.22. The number of halogens is 1. The smallest absolute Gasteiger partial charge is 0.263 e. The summed E-state index contributed by atoms with van der Waals surface area (Å²) in [4.78, 5) is 18.2. The van der Waals surface area contributed by atoms with Crippen LogP contribution in [0.1, 0.15) is 45.3 Å². The number of nitrogen functional groups attached to an aromatic ring is 1. The standard InChI is InChI=1S/C22H25FN4OS/c1-13-2-5-17-19(24)20(29-22(17)27-13)21(28)26-11-8-15-3-4-16(12-18(15)23)14-6-9-25-10-7-14/h2-5,12,14,25H,6-11,24H2,1H3,(H,26,28). The first-order valence-electron chi connectivity index (χ1n) is 9.96. The van der Waals surface area contributed by atoms with Gasteiger partial charge in [-0.2, -0.15) is 0 Å². The summed E-state index contributed by atoms with van der Waals surface area (Å²) in [5, 5.41) is 6.99. The van der Waals surface area contributed by atoms with E-state index in [0.29, 0.717) is 35.0 Å². The second-order valence-electron chi connectivity index (χ2n) is 7.53. The number of carbonyl (C=O) groups is 1. The summed E-state index contributed by atoms with van der Waals surface area (Å²) in [6.07, 6.45) is 2.52. The molecular formula is C22H25FN4OS. The Morgan fingerprint density at radius 3 is 2.86 bits per heavy atom. The SMILES string of the molecule is Cc1ccc2c(N)c(C(=O)NCCc3ccc(C4CCNCC4)cc3F)sc2n1. The van der Waals surface area contributed by atoms with E-state index in [4.69, 9.17) is 5.73 Å². The van der Waals surface area contributed by atoms with Gasteiger partial charge >= 0.3 is 0 Å². The van der Waals surface area contributed by atoms with Crippen molar-refractivity contribution in [1.82, 2.24) is 15.6 Å². The van der Waals surface area contributed by atoms with Crippen molar-refractivity contribution in [1.29, 1.82) is 0 Å². The first kappa shape index (κ1) is 19.8. The van der Waals surface area contributed by atoms with Crippen LogP contribution in [0.3, 0.4) is 0 Å². The molecule has 1 saturated heterocycles. The third-order valence-corrected chi connectivity index (χ3v) is 6.62. The minimum Gasteiger partial charge on any atom is -0.397 e. The van der Waals surface area contributed by atoms with E-state index >= 15 is 0 Å². The number of fused-ring (bicyclic) bond motifs is 1. The molecule has 0 atom stereocenters. The predicted octanol–water partition coefficient (Wildman–Crippen LogP) is 3.77. The molecule has 0 radical (unpaired) electrons. The van der Waals surface area contributed by atoms with Crippen molar-refractivity contribution in [3.05, 3.63) is 57.8 Å². The Morgan fingerprint density at radius 2 is 2.10 bits per heavy atom. The lowest BCUT2D eigenvalue weighted by atomic mass is 9.89. The summed E-state index contributed by atoms with van der Waals surface area (Å²) in [6, 6.07) is 9.29. The van der Waals surface area contributed by atoms with E-state index in [2.05, 4.69) is 15.6 Å². The second kappa shape index (κ2) is 8.47. The van der Waals surface area contributed by atoms with Crippen molar-refractivity contribution in [2.45, 2.75) is 32.1 Å². The molecule has 5 nitrogen and oxygen atoms in total. The Bertz CT molecular complexity index is 1040. The number of amides is 1. The number of benzene rings is 1. The molecule has 3 heterocycles. The molecular weight excluding hydrogens is 387 g/mol. The van der Waals surface area contributed by atoms with Crippen LogP contribution < -0.4 is 16.4 Å². The topological polar surface area (TPSA) is 80.0 Å². The van der Waals surface area contributed by atoms with Crippen LogP contribution in [0.25, 0.3) is 10.2 Å². The van der Waals surface area contributed by atoms with Crippen LogP contribution in [-0.4, -0.2) is 30.5 Å². The molecule has 7 heteroatoms. The fraction of sp³-hybridized carbons (Fsp3) is 0.364. The maximum atomic E-state index is 14.5. The van der Waals surface area contributed by atoms with Crippen LogP contribution in [0.4, 0.5) is 10.1 Å². The Labute approximate surface area is 173 Å². The van der Waals surface area contributed by atoms with Gasteiger partial charge in [-0.1, -0.05) is 12.1 Å². The fourth-order valence-corrected chi connectivity index (χ4v) is 4.88. The molecule has 1 amide bonds. The monoisotopic (exact) mass is 412 g/mol. The van der Waals surface area contributed by atoms with Gasteiger partial charge in [0.25, 0.3) is 5.91 Å². The summed E-state index contributed by atoms with van der Waals surface area (Å²) in [5.41, 5.74) is 9.15. The number of nitrogens with zero attached hydrogens (tertiary/aromatic N) is 1. The summed E-state index contributed by atoms with van der Waals surface area (Å²) >= 11 is 1.29. The van der Waals surface area contributed by atoms with Gasteiger partial charge in [-0.15, -0.1) is 11.3 Å². The molecule has 0 unspecified atom stereocenters. The minimum absolute atomic E-state index is 0.198. The highest BCUT2D eigenvalue weighted by Crippen LogP contribution is 2.32. The van der Waals surface area contributed by atoms with Crippen molar-refractivity contribution in [3.63, 3.8) is 0 Å². The van der Waals surface area contributed by atoms with E-state index in [9.17, 15) is 9.18 Å². The van der Waals surface area contributed by atoms with Gasteiger partial charge in [0.15, 0.2) is 0 Å². The van der Waals surface area contributed by atoms with Gasteiger partial charge in [-0.05, 0) is 74.5 Å². The van der Waals surface area contributed by atoms with E-state index < -0.39 is 0 Å². The average molecular weight is 413 g/mol. The Hall–Kier alpha value is -2.51. The molecule has 1 fully saturated rings. The lowest BCUT2D eigenvalue weighted by Gasteiger charge is -2.23. The molecule has 29 heavy (non-hydrogen) atoms. The first-order chi connectivity index (χ1) is 14.0. The van der Waals surface area contributed by atoms with E-state index in [1.54, 1.807) is 6.07 Å². The quantitative estimate of drug-likeness (QED) is 0.596. The maximum absolute atomic E-state index is 14.5. The van der Waals surface area contributed by atoms with Crippen molar-refractivity contribution in [2.75, 3.05) is 25.4 Å².